The molecule has 2 rings (SSSR count). The van der Waals surface area contributed by atoms with E-state index in [-0.39, 0.29) is 23.4 Å². The maximum absolute atomic E-state index is 12.2. The van der Waals surface area contributed by atoms with E-state index in [1.807, 2.05) is 6.92 Å². The van der Waals surface area contributed by atoms with Crippen molar-refractivity contribution >= 4 is 29.3 Å². The van der Waals surface area contributed by atoms with E-state index in [0.29, 0.717) is 24.7 Å². The normalized spacial score (nSPS) is 18.4. The molecule has 1 unspecified atom stereocenters. The Balaban J connectivity index is 2.12. The molecule has 0 aliphatic carbocycles. The zero-order valence-electron chi connectivity index (χ0n) is 11.6. The third kappa shape index (κ3) is 3.86. The first kappa shape index (κ1) is 15.6. The Morgan fingerprint density at radius 3 is 2.95 bits per heavy atom. The zero-order chi connectivity index (χ0) is 15.4. The number of carboxylic acid groups (broad SMARTS) is 1. The number of carbonyl (C=O) groups is 2. The van der Waals surface area contributed by atoms with Crippen LogP contribution in [0.2, 0.25) is 5.02 Å². The lowest BCUT2D eigenvalue weighted by Crippen LogP contribution is -2.47. The van der Waals surface area contributed by atoms with Crippen LogP contribution in [0.5, 0.6) is 0 Å². The van der Waals surface area contributed by atoms with Crippen molar-refractivity contribution < 1.29 is 19.4 Å². The number of aromatic carboxylic acids is 1. The van der Waals surface area contributed by atoms with E-state index in [0.717, 1.165) is 6.42 Å². The van der Waals surface area contributed by atoms with Gasteiger partial charge in [0.05, 0.1) is 24.0 Å². The van der Waals surface area contributed by atoms with Crippen LogP contribution in [0.4, 0.5) is 10.5 Å². The standard InChI is InChI=1S/C14H17ClN2O4/c1-2-10-8-17(5-6-21-10)14(20)16-12-7-9(15)3-4-11(12)13(18)19/h3-4,7,10H,2,5-6,8H2,1H3,(H,16,20)(H,18,19). The molecule has 1 aromatic carbocycles. The van der Waals surface area contributed by atoms with Gasteiger partial charge in [-0.2, -0.15) is 0 Å². The van der Waals surface area contributed by atoms with Crippen molar-refractivity contribution in [2.75, 3.05) is 25.0 Å². The summed E-state index contributed by atoms with van der Waals surface area (Å²) in [6.07, 6.45) is 0.837. The summed E-state index contributed by atoms with van der Waals surface area (Å²) >= 11 is 5.86. The van der Waals surface area contributed by atoms with E-state index in [1.165, 1.54) is 18.2 Å². The number of ether oxygens (including phenoxy) is 1. The molecule has 6 nitrogen and oxygen atoms in total. The van der Waals surface area contributed by atoms with Crippen LogP contribution in [0.15, 0.2) is 18.2 Å². The van der Waals surface area contributed by atoms with Crippen molar-refractivity contribution in [3.63, 3.8) is 0 Å². The van der Waals surface area contributed by atoms with Gasteiger partial charge in [-0.3, -0.25) is 0 Å². The summed E-state index contributed by atoms with van der Waals surface area (Å²) in [5.74, 6) is -1.12. The number of urea groups is 1. The van der Waals surface area contributed by atoms with Crippen LogP contribution in [0.3, 0.4) is 0 Å². The van der Waals surface area contributed by atoms with E-state index in [9.17, 15) is 9.59 Å². The summed E-state index contributed by atoms with van der Waals surface area (Å²) in [6, 6.07) is 3.93. The number of hydrogen-bond donors (Lipinski definition) is 2. The Labute approximate surface area is 127 Å². The number of carboxylic acids is 1. The molecule has 1 aromatic rings. The van der Waals surface area contributed by atoms with Gasteiger partial charge in [-0.15, -0.1) is 0 Å². The Morgan fingerprint density at radius 2 is 2.29 bits per heavy atom. The monoisotopic (exact) mass is 312 g/mol. The summed E-state index contributed by atoms with van der Waals surface area (Å²) in [6.45, 7) is 3.44. The van der Waals surface area contributed by atoms with Crippen molar-refractivity contribution in [1.29, 1.82) is 0 Å². The summed E-state index contributed by atoms with van der Waals surface area (Å²) in [5, 5.41) is 12.1. The maximum atomic E-state index is 12.2. The van der Waals surface area contributed by atoms with Crippen LogP contribution >= 0.6 is 11.6 Å². The molecule has 0 aromatic heterocycles. The highest BCUT2D eigenvalue weighted by Gasteiger charge is 2.24. The second-order valence-electron chi connectivity index (χ2n) is 4.77. The third-order valence-electron chi connectivity index (χ3n) is 3.33. The van der Waals surface area contributed by atoms with Crippen molar-refractivity contribution in [1.82, 2.24) is 4.90 Å². The Hall–Kier alpha value is -1.79. The van der Waals surface area contributed by atoms with Crippen LogP contribution in [0.1, 0.15) is 23.7 Å². The molecule has 114 valence electrons. The second kappa shape index (κ2) is 6.78. The van der Waals surface area contributed by atoms with Gasteiger partial charge in [-0.25, -0.2) is 9.59 Å². The van der Waals surface area contributed by atoms with Crippen LogP contribution in [-0.2, 0) is 4.74 Å². The molecule has 1 aliphatic rings. The molecule has 0 spiro atoms. The molecule has 2 amide bonds. The first-order valence-electron chi connectivity index (χ1n) is 6.71. The number of carbonyl (C=O) groups excluding carboxylic acids is 1. The number of anilines is 1. The quantitative estimate of drug-likeness (QED) is 0.899. The fraction of sp³-hybridized carbons (Fsp3) is 0.429. The lowest BCUT2D eigenvalue weighted by Gasteiger charge is -2.32. The third-order valence-corrected chi connectivity index (χ3v) is 3.57. The minimum atomic E-state index is -1.12. The molecule has 1 fully saturated rings. The van der Waals surface area contributed by atoms with Gasteiger partial charge in [0.1, 0.15) is 0 Å². The molecule has 1 heterocycles. The Bertz CT molecular complexity index is 550. The van der Waals surface area contributed by atoms with Crippen molar-refractivity contribution in [3.05, 3.63) is 28.8 Å². The van der Waals surface area contributed by atoms with Gasteiger partial charge < -0.3 is 20.1 Å². The summed E-state index contributed by atoms with van der Waals surface area (Å²) in [5.41, 5.74) is 0.201. The minimum Gasteiger partial charge on any atom is -0.478 e. The highest BCUT2D eigenvalue weighted by Crippen LogP contribution is 2.22. The van der Waals surface area contributed by atoms with Crippen LogP contribution in [0.25, 0.3) is 0 Å². The van der Waals surface area contributed by atoms with Gasteiger partial charge in [-0.05, 0) is 24.6 Å². The maximum Gasteiger partial charge on any atom is 0.337 e. The first-order valence-corrected chi connectivity index (χ1v) is 7.09. The fourth-order valence-electron chi connectivity index (χ4n) is 2.15. The van der Waals surface area contributed by atoms with E-state index >= 15 is 0 Å². The summed E-state index contributed by atoms with van der Waals surface area (Å²) in [4.78, 5) is 25.0. The second-order valence-corrected chi connectivity index (χ2v) is 5.21. The first-order chi connectivity index (χ1) is 10.0. The molecule has 21 heavy (non-hydrogen) atoms. The van der Waals surface area contributed by atoms with E-state index in [4.69, 9.17) is 21.4 Å². The van der Waals surface area contributed by atoms with Crippen molar-refractivity contribution in [2.45, 2.75) is 19.4 Å². The van der Waals surface area contributed by atoms with Crippen LogP contribution in [0, 0.1) is 0 Å². The molecule has 0 bridgehead atoms. The van der Waals surface area contributed by atoms with Crippen LogP contribution < -0.4 is 5.32 Å². The Kier molecular flexibility index (Phi) is 5.03. The average Bonchev–Trinajstić information content (AvgIpc) is 2.47. The summed E-state index contributed by atoms with van der Waals surface area (Å²) < 4.78 is 5.50. The number of morpholine rings is 1. The molecule has 2 N–H and O–H groups in total. The molecule has 1 atom stereocenters. The lowest BCUT2D eigenvalue weighted by atomic mass is 10.2. The number of hydrogen-bond acceptors (Lipinski definition) is 3. The molecule has 0 radical (unpaired) electrons. The van der Waals surface area contributed by atoms with Crippen molar-refractivity contribution in [3.8, 4) is 0 Å². The van der Waals surface area contributed by atoms with E-state index in [1.54, 1.807) is 4.90 Å². The molecular formula is C14H17ClN2O4. The number of nitrogens with one attached hydrogen (secondary N) is 1. The van der Waals surface area contributed by atoms with Crippen LogP contribution in [-0.4, -0.2) is 47.8 Å². The summed E-state index contributed by atoms with van der Waals surface area (Å²) in [7, 11) is 0. The number of rotatable bonds is 3. The lowest BCUT2D eigenvalue weighted by molar-refractivity contribution is -0.0134. The topological polar surface area (TPSA) is 78.9 Å². The van der Waals surface area contributed by atoms with Crippen molar-refractivity contribution in [2.24, 2.45) is 0 Å². The van der Waals surface area contributed by atoms with E-state index in [2.05, 4.69) is 5.32 Å². The largest absolute Gasteiger partial charge is 0.478 e. The Morgan fingerprint density at radius 1 is 1.52 bits per heavy atom. The zero-order valence-corrected chi connectivity index (χ0v) is 12.4. The smallest absolute Gasteiger partial charge is 0.337 e. The number of nitrogens with zero attached hydrogens (tertiary/aromatic N) is 1. The molecule has 1 saturated heterocycles. The van der Waals surface area contributed by atoms with E-state index < -0.39 is 5.97 Å². The molecule has 0 saturated carbocycles. The van der Waals surface area contributed by atoms with Gasteiger partial charge in [0.25, 0.3) is 0 Å². The van der Waals surface area contributed by atoms with Gasteiger partial charge in [0.15, 0.2) is 0 Å². The number of amides is 2. The predicted octanol–water partition coefficient (Wildman–Crippen LogP) is 2.68. The SMILES string of the molecule is CCC1CN(C(=O)Nc2cc(Cl)ccc2C(=O)O)CCO1. The molecule has 7 heteroatoms. The number of benzene rings is 1. The average molecular weight is 313 g/mol. The highest BCUT2D eigenvalue weighted by molar-refractivity contribution is 6.31. The molecule has 1 aliphatic heterocycles. The van der Waals surface area contributed by atoms with Gasteiger partial charge >= 0.3 is 12.0 Å². The fourth-order valence-corrected chi connectivity index (χ4v) is 2.32. The highest BCUT2D eigenvalue weighted by atomic mass is 35.5. The number of halogens is 1. The molecular weight excluding hydrogens is 296 g/mol. The minimum absolute atomic E-state index is 0.00745. The predicted molar refractivity (Wildman–Crippen MR) is 79.0 cm³/mol. The van der Waals surface area contributed by atoms with Gasteiger partial charge in [-0.1, -0.05) is 18.5 Å². The van der Waals surface area contributed by atoms with Gasteiger partial charge in [0.2, 0.25) is 0 Å². The van der Waals surface area contributed by atoms with Gasteiger partial charge in [0, 0.05) is 18.1 Å².